The van der Waals surface area contributed by atoms with Crippen LogP contribution in [-0.4, -0.2) is 48.3 Å². The van der Waals surface area contributed by atoms with Gasteiger partial charge in [0, 0.05) is 30.8 Å². The summed E-state index contributed by atoms with van der Waals surface area (Å²) in [7, 11) is 3.70. The Hall–Kier alpha value is -2.80. The minimum Gasteiger partial charge on any atom is -0.492 e. The van der Waals surface area contributed by atoms with Gasteiger partial charge in [-0.15, -0.1) is 0 Å². The lowest BCUT2D eigenvalue weighted by Gasteiger charge is -2.35. The third kappa shape index (κ3) is 2.74. The van der Waals surface area contributed by atoms with Crippen LogP contribution in [0.1, 0.15) is 29.3 Å². The Morgan fingerprint density at radius 2 is 2.31 bits per heavy atom. The summed E-state index contributed by atoms with van der Waals surface area (Å²) in [5.41, 5.74) is 3.43. The number of rotatable bonds is 4. The van der Waals surface area contributed by atoms with Crippen LogP contribution in [0.5, 0.6) is 17.2 Å². The zero-order valence-corrected chi connectivity index (χ0v) is 14.8. The summed E-state index contributed by atoms with van der Waals surface area (Å²) in [6, 6.07) is 7.58. The van der Waals surface area contributed by atoms with E-state index in [1.54, 1.807) is 13.3 Å². The third-order valence-corrected chi connectivity index (χ3v) is 5.01. The molecule has 1 aromatic heterocycles. The van der Waals surface area contributed by atoms with Gasteiger partial charge in [-0.2, -0.15) is 0 Å². The lowest BCUT2D eigenvalue weighted by molar-refractivity contribution is 0.170. The highest BCUT2D eigenvalue weighted by Gasteiger charge is 2.34. The van der Waals surface area contributed by atoms with Gasteiger partial charge in [-0.05, 0) is 37.2 Å². The first-order chi connectivity index (χ1) is 12.7. The molecule has 2 aromatic rings. The van der Waals surface area contributed by atoms with Crippen LogP contribution in [0.3, 0.4) is 0 Å². The quantitative estimate of drug-likeness (QED) is 0.516. The summed E-state index contributed by atoms with van der Waals surface area (Å²) in [6.07, 6.45) is 3.09. The van der Waals surface area contributed by atoms with E-state index in [-0.39, 0.29) is 12.8 Å². The molecule has 3 heterocycles. The Bertz CT molecular complexity index is 838. The Morgan fingerprint density at radius 1 is 1.42 bits per heavy atom. The number of likely N-dealkylation sites (N-methyl/N-ethyl adjacent to an activating group) is 1. The summed E-state index contributed by atoms with van der Waals surface area (Å²) in [4.78, 5) is 6.55. The van der Waals surface area contributed by atoms with E-state index in [2.05, 4.69) is 22.1 Å². The normalized spacial score (nSPS) is 19.3. The van der Waals surface area contributed by atoms with Crippen molar-refractivity contribution >= 4 is 5.71 Å². The van der Waals surface area contributed by atoms with Crippen LogP contribution < -0.4 is 14.2 Å². The molecular formula is C19H21N3O4. The van der Waals surface area contributed by atoms with Gasteiger partial charge in [0.1, 0.15) is 5.71 Å². The van der Waals surface area contributed by atoms with Crippen LogP contribution in [0.15, 0.2) is 35.6 Å². The number of benzene rings is 1. The molecule has 2 aliphatic rings. The fourth-order valence-corrected chi connectivity index (χ4v) is 3.70. The highest BCUT2D eigenvalue weighted by Crippen LogP contribution is 2.50. The molecule has 26 heavy (non-hydrogen) atoms. The van der Waals surface area contributed by atoms with E-state index < -0.39 is 0 Å². The van der Waals surface area contributed by atoms with Crippen molar-refractivity contribution < 1.29 is 19.4 Å². The van der Waals surface area contributed by atoms with E-state index in [0.717, 1.165) is 24.3 Å². The number of pyridine rings is 1. The molecule has 0 fully saturated rings. The smallest absolute Gasteiger partial charge is 0.231 e. The average Bonchev–Trinajstić information content (AvgIpc) is 3.14. The fraction of sp³-hybridized carbons (Fsp3) is 0.368. The molecule has 136 valence electrons. The number of oxime groups is 1. The number of nitrogens with zero attached hydrogens (tertiary/aromatic N) is 3. The maximum atomic E-state index is 9.58. The van der Waals surface area contributed by atoms with Gasteiger partial charge in [0.2, 0.25) is 12.5 Å². The van der Waals surface area contributed by atoms with Gasteiger partial charge in [-0.25, -0.2) is 0 Å². The molecule has 1 aromatic carbocycles. The average molecular weight is 355 g/mol. The molecule has 0 bridgehead atoms. The van der Waals surface area contributed by atoms with Crippen molar-refractivity contribution in [2.75, 3.05) is 27.5 Å². The molecule has 7 nitrogen and oxygen atoms in total. The van der Waals surface area contributed by atoms with E-state index in [1.165, 1.54) is 5.56 Å². The van der Waals surface area contributed by atoms with Gasteiger partial charge in [0.25, 0.3) is 0 Å². The highest BCUT2D eigenvalue weighted by atomic mass is 16.7. The number of hydrogen-bond acceptors (Lipinski definition) is 7. The minimum absolute atomic E-state index is 0.0175. The largest absolute Gasteiger partial charge is 0.492 e. The van der Waals surface area contributed by atoms with Gasteiger partial charge in [0.15, 0.2) is 11.5 Å². The molecule has 0 unspecified atom stereocenters. The predicted molar refractivity (Wildman–Crippen MR) is 95.4 cm³/mol. The number of hydrogen-bond donors (Lipinski definition) is 1. The Morgan fingerprint density at radius 3 is 3.04 bits per heavy atom. The SMILES string of the molecule is COc1c2c(cc3c1[C@H](CC(=NO)c1ccccn1)N(C)CC3)OCO2. The lowest BCUT2D eigenvalue weighted by Crippen LogP contribution is -2.34. The predicted octanol–water partition coefficient (Wildman–Crippen LogP) is 2.62. The van der Waals surface area contributed by atoms with Crippen LogP contribution in [-0.2, 0) is 6.42 Å². The standard InChI is InChI=1S/C19H21N3O4/c1-22-8-6-12-9-16-18(26-11-25-16)19(24-2)17(12)15(22)10-14(21-23)13-5-3-4-7-20-13/h3-5,7,9,15,23H,6,8,10-11H2,1-2H3/t15-/m0/s1. The van der Waals surface area contributed by atoms with Crippen molar-refractivity contribution in [3.63, 3.8) is 0 Å². The van der Waals surface area contributed by atoms with E-state index >= 15 is 0 Å². The van der Waals surface area contributed by atoms with Crippen molar-refractivity contribution in [2.45, 2.75) is 18.9 Å². The zero-order valence-electron chi connectivity index (χ0n) is 14.8. The molecule has 1 atom stereocenters. The number of methoxy groups -OCH3 is 1. The maximum Gasteiger partial charge on any atom is 0.231 e. The second-order valence-electron chi connectivity index (χ2n) is 6.43. The van der Waals surface area contributed by atoms with Crippen LogP contribution >= 0.6 is 0 Å². The van der Waals surface area contributed by atoms with Gasteiger partial charge in [-0.3, -0.25) is 9.88 Å². The van der Waals surface area contributed by atoms with Crippen molar-refractivity contribution in [2.24, 2.45) is 5.16 Å². The van der Waals surface area contributed by atoms with Gasteiger partial charge in [0.05, 0.1) is 12.8 Å². The number of fused-ring (bicyclic) bond motifs is 2. The van der Waals surface area contributed by atoms with Crippen LogP contribution in [0.25, 0.3) is 0 Å². The molecule has 2 aliphatic heterocycles. The minimum atomic E-state index is -0.0175. The molecule has 0 amide bonds. The number of aromatic nitrogens is 1. The van der Waals surface area contributed by atoms with E-state index in [4.69, 9.17) is 14.2 Å². The lowest BCUT2D eigenvalue weighted by atomic mass is 9.88. The molecule has 0 spiro atoms. The topological polar surface area (TPSA) is 76.4 Å². The molecule has 1 N–H and O–H groups in total. The zero-order chi connectivity index (χ0) is 18.1. The molecule has 7 heteroatoms. The fourth-order valence-electron chi connectivity index (χ4n) is 3.70. The summed E-state index contributed by atoms with van der Waals surface area (Å²) in [5, 5.41) is 13.1. The third-order valence-electron chi connectivity index (χ3n) is 5.01. The first-order valence-corrected chi connectivity index (χ1v) is 8.55. The number of ether oxygens (including phenoxy) is 3. The van der Waals surface area contributed by atoms with Crippen molar-refractivity contribution in [3.8, 4) is 17.2 Å². The van der Waals surface area contributed by atoms with Crippen molar-refractivity contribution in [1.29, 1.82) is 0 Å². The first-order valence-electron chi connectivity index (χ1n) is 8.55. The second-order valence-corrected chi connectivity index (χ2v) is 6.43. The summed E-state index contributed by atoms with van der Waals surface area (Å²) in [6.45, 7) is 1.09. The molecule has 4 rings (SSSR count). The first kappa shape index (κ1) is 16.7. The van der Waals surface area contributed by atoms with Crippen molar-refractivity contribution in [1.82, 2.24) is 9.88 Å². The van der Waals surface area contributed by atoms with E-state index in [1.807, 2.05) is 24.3 Å². The highest BCUT2D eigenvalue weighted by molar-refractivity contribution is 5.99. The van der Waals surface area contributed by atoms with Crippen LogP contribution in [0.2, 0.25) is 0 Å². The van der Waals surface area contributed by atoms with Crippen LogP contribution in [0, 0.1) is 0 Å². The Kier molecular flexibility index (Phi) is 4.38. The molecule has 0 radical (unpaired) electrons. The molecular weight excluding hydrogens is 334 g/mol. The van der Waals surface area contributed by atoms with E-state index in [0.29, 0.717) is 29.3 Å². The van der Waals surface area contributed by atoms with Gasteiger partial charge in [-0.1, -0.05) is 11.2 Å². The second kappa shape index (κ2) is 6.84. The maximum absolute atomic E-state index is 9.58. The molecule has 0 saturated carbocycles. The Labute approximate surface area is 151 Å². The van der Waals surface area contributed by atoms with Gasteiger partial charge >= 0.3 is 0 Å². The summed E-state index contributed by atoms with van der Waals surface area (Å²) in [5.74, 6) is 2.07. The van der Waals surface area contributed by atoms with Crippen molar-refractivity contribution in [3.05, 3.63) is 47.3 Å². The molecule has 0 saturated heterocycles. The summed E-state index contributed by atoms with van der Waals surface area (Å²) >= 11 is 0. The van der Waals surface area contributed by atoms with E-state index in [9.17, 15) is 5.21 Å². The monoisotopic (exact) mass is 355 g/mol. The summed E-state index contributed by atoms with van der Waals surface area (Å²) < 4.78 is 16.9. The Balaban J connectivity index is 1.76. The molecule has 0 aliphatic carbocycles. The van der Waals surface area contributed by atoms with Crippen LogP contribution in [0.4, 0.5) is 0 Å². The van der Waals surface area contributed by atoms with Gasteiger partial charge < -0.3 is 19.4 Å².